The van der Waals surface area contributed by atoms with Gasteiger partial charge in [-0.25, -0.2) is 0 Å². The summed E-state index contributed by atoms with van der Waals surface area (Å²) in [5.74, 6) is -3.19. The first-order chi connectivity index (χ1) is 16.3. The van der Waals surface area contributed by atoms with Gasteiger partial charge < -0.3 is 24.8 Å². The predicted octanol–water partition coefficient (Wildman–Crippen LogP) is 2.79. The molecule has 1 fully saturated rings. The Morgan fingerprint density at radius 1 is 1.32 bits per heavy atom. The molecule has 5 atom stereocenters. The van der Waals surface area contributed by atoms with Crippen molar-refractivity contribution in [2.45, 2.75) is 30.1 Å². The van der Waals surface area contributed by atoms with Crippen molar-refractivity contribution in [3.63, 3.8) is 0 Å². The van der Waals surface area contributed by atoms with Gasteiger partial charge in [0.1, 0.15) is 29.4 Å². The molecule has 34 heavy (non-hydrogen) atoms. The van der Waals surface area contributed by atoms with Crippen LogP contribution < -0.4 is 4.74 Å². The van der Waals surface area contributed by atoms with Gasteiger partial charge in [0, 0.05) is 18.2 Å². The molecule has 0 amide bonds. The fourth-order valence-corrected chi connectivity index (χ4v) is 5.13. The first-order valence-corrected chi connectivity index (χ1v) is 10.6. The molecule has 4 rings (SSSR count). The number of carboxylic acids is 1. The largest absolute Gasteiger partial charge is 0.497 e. The minimum absolute atomic E-state index is 0.0452. The summed E-state index contributed by atoms with van der Waals surface area (Å²) in [4.78, 5) is 16.7. The molecule has 1 aromatic heterocycles. The zero-order chi connectivity index (χ0) is 24.7. The van der Waals surface area contributed by atoms with Gasteiger partial charge >= 0.3 is 5.97 Å². The van der Waals surface area contributed by atoms with Crippen molar-refractivity contribution in [1.29, 1.82) is 5.26 Å². The highest BCUT2D eigenvalue weighted by Gasteiger charge is 2.78. The van der Waals surface area contributed by atoms with E-state index in [4.69, 9.17) is 9.47 Å². The summed E-state index contributed by atoms with van der Waals surface area (Å²) in [6, 6.07) is 12.1. The number of carboxylic acid groups (broad SMARTS) is 1. The van der Waals surface area contributed by atoms with Gasteiger partial charge in [-0.15, -0.1) is 0 Å². The van der Waals surface area contributed by atoms with Gasteiger partial charge in [0.25, 0.3) is 0 Å². The topological polar surface area (TPSA) is 133 Å². The van der Waals surface area contributed by atoms with Crippen molar-refractivity contribution in [3.05, 3.63) is 95.6 Å². The van der Waals surface area contributed by atoms with Crippen molar-refractivity contribution in [2.75, 3.05) is 7.11 Å². The number of aliphatic carboxylic acids is 1. The lowest BCUT2D eigenvalue weighted by molar-refractivity contribution is -0.153. The van der Waals surface area contributed by atoms with Crippen molar-refractivity contribution < 1.29 is 29.6 Å². The van der Waals surface area contributed by atoms with Gasteiger partial charge in [0.15, 0.2) is 11.2 Å². The molecular weight excluding hydrogens is 436 g/mol. The molecule has 174 valence electrons. The van der Waals surface area contributed by atoms with Crippen LogP contribution in [0.15, 0.2) is 78.7 Å². The predicted molar refractivity (Wildman–Crippen MR) is 122 cm³/mol. The van der Waals surface area contributed by atoms with Crippen LogP contribution >= 0.6 is 0 Å². The first-order valence-electron chi connectivity index (χ1n) is 10.6. The number of allylic oxidation sites excluding steroid dienone is 2. The normalized spacial score (nSPS) is 29.7. The molecule has 1 saturated carbocycles. The molecule has 0 unspecified atom stereocenters. The molecule has 1 aliphatic heterocycles. The second kappa shape index (κ2) is 8.45. The molecule has 2 aliphatic rings. The van der Waals surface area contributed by atoms with Crippen LogP contribution in [0.1, 0.15) is 29.7 Å². The Labute approximate surface area is 196 Å². The smallest absolute Gasteiger partial charge is 0.310 e. The minimum Gasteiger partial charge on any atom is -0.497 e. The van der Waals surface area contributed by atoms with E-state index in [1.54, 1.807) is 55.5 Å². The van der Waals surface area contributed by atoms with Gasteiger partial charge in [0.05, 0.1) is 18.6 Å². The number of benzene rings is 1. The van der Waals surface area contributed by atoms with Gasteiger partial charge in [-0.2, -0.15) is 5.26 Å². The second-order valence-electron chi connectivity index (χ2n) is 8.24. The number of rotatable bonds is 6. The van der Waals surface area contributed by atoms with E-state index in [1.165, 1.54) is 19.4 Å². The highest BCUT2D eigenvalue weighted by molar-refractivity contribution is 5.76. The van der Waals surface area contributed by atoms with E-state index in [-0.39, 0.29) is 22.6 Å². The third-order valence-electron chi connectivity index (χ3n) is 6.64. The summed E-state index contributed by atoms with van der Waals surface area (Å²) in [6.45, 7) is 5.91. The van der Waals surface area contributed by atoms with Gasteiger partial charge in [-0.05, 0) is 30.2 Å². The molecule has 8 heteroatoms. The van der Waals surface area contributed by atoms with Crippen molar-refractivity contribution in [2.24, 2.45) is 5.92 Å². The molecule has 0 spiro atoms. The maximum atomic E-state index is 12.4. The number of aromatic nitrogens is 1. The highest BCUT2D eigenvalue weighted by Crippen LogP contribution is 2.66. The van der Waals surface area contributed by atoms with E-state index in [0.29, 0.717) is 11.3 Å². The van der Waals surface area contributed by atoms with E-state index in [1.807, 2.05) is 6.07 Å². The fourth-order valence-electron chi connectivity index (χ4n) is 5.13. The van der Waals surface area contributed by atoms with Crippen molar-refractivity contribution in [1.82, 2.24) is 4.98 Å². The van der Waals surface area contributed by atoms with E-state index < -0.39 is 35.1 Å². The van der Waals surface area contributed by atoms with Crippen LogP contribution in [0.5, 0.6) is 5.75 Å². The van der Waals surface area contributed by atoms with Crippen molar-refractivity contribution >= 4 is 5.97 Å². The number of nitriles is 1. The average molecular weight is 460 g/mol. The number of ether oxygens (including phenoxy) is 2. The Morgan fingerprint density at radius 2 is 2.03 bits per heavy atom. The van der Waals surface area contributed by atoms with Crippen LogP contribution in [0.3, 0.4) is 0 Å². The van der Waals surface area contributed by atoms with Crippen LogP contribution in [-0.2, 0) is 15.1 Å². The maximum absolute atomic E-state index is 12.4. The van der Waals surface area contributed by atoms with E-state index >= 15 is 0 Å². The number of methoxy groups -OCH3 is 1. The average Bonchev–Trinajstić information content (AvgIpc) is 3.22. The number of nitrogens with zero attached hydrogens (tertiary/aromatic N) is 2. The highest BCUT2D eigenvalue weighted by atomic mass is 16.5. The Balaban J connectivity index is 2.02. The first kappa shape index (κ1) is 23.2. The molecule has 1 aliphatic carbocycles. The summed E-state index contributed by atoms with van der Waals surface area (Å²) < 4.78 is 11.6. The molecule has 0 saturated heterocycles. The molecule has 0 bridgehead atoms. The third kappa shape index (κ3) is 3.05. The number of fused-ring (bicyclic) bond motifs is 3. The molecule has 2 aromatic rings. The van der Waals surface area contributed by atoms with Crippen LogP contribution in [0, 0.1) is 17.2 Å². The van der Waals surface area contributed by atoms with E-state index in [0.717, 1.165) is 0 Å². The van der Waals surface area contributed by atoms with E-state index in [9.17, 15) is 25.4 Å². The minimum atomic E-state index is -2.26. The lowest BCUT2D eigenvalue weighted by Crippen LogP contribution is -2.55. The zero-order valence-electron chi connectivity index (χ0n) is 18.7. The monoisotopic (exact) mass is 460 g/mol. The Kier molecular flexibility index (Phi) is 5.77. The number of aliphatic hydroxyl groups excluding tert-OH is 1. The standard InChI is InChI=1S/C26H24N2O6/c1-4-18(33-3)11-10-15(2)26-21(17-8-6-5-7-9-17)20(24(30)31)23(29)25(26,32)22-19(34-26)12-16(13-27)14-28-22/h4-12,14,20-21,23,29,32H,2H2,1,3H3,(H,30,31)/b11-10-,18-4+/t20-,21-,23-,25+,26+/m1/s1. The van der Waals surface area contributed by atoms with Gasteiger partial charge in [-0.1, -0.05) is 43.0 Å². The SMILES string of the molecule is C=C(/C=C\C(=C/C)OC)[C@@]12Oc3cc(C#N)cnc3[C@]1(O)[C@H](O)[C@H](C(=O)O)[C@H]2c1ccccc1. The number of pyridine rings is 1. The number of hydrogen-bond acceptors (Lipinski definition) is 7. The molecule has 0 radical (unpaired) electrons. The molecule has 3 N–H and O–H groups in total. The lowest BCUT2D eigenvalue weighted by atomic mass is 9.71. The Bertz CT molecular complexity index is 1250. The third-order valence-corrected chi connectivity index (χ3v) is 6.64. The summed E-state index contributed by atoms with van der Waals surface area (Å²) in [5, 5.41) is 43.0. The molecule has 8 nitrogen and oxygen atoms in total. The molecular formula is C26H24N2O6. The summed E-state index contributed by atoms with van der Waals surface area (Å²) in [7, 11) is 1.50. The van der Waals surface area contributed by atoms with Crippen LogP contribution in [0.25, 0.3) is 0 Å². The van der Waals surface area contributed by atoms with Crippen LogP contribution in [0.4, 0.5) is 0 Å². The lowest BCUT2D eigenvalue weighted by Gasteiger charge is -2.40. The molecule has 2 heterocycles. The summed E-state index contributed by atoms with van der Waals surface area (Å²) in [6.07, 6.45) is 4.35. The number of hydrogen-bond donors (Lipinski definition) is 3. The van der Waals surface area contributed by atoms with Crippen molar-refractivity contribution in [3.8, 4) is 11.8 Å². The Morgan fingerprint density at radius 3 is 2.62 bits per heavy atom. The summed E-state index contributed by atoms with van der Waals surface area (Å²) in [5.41, 5.74) is -3.20. The van der Waals surface area contributed by atoms with E-state index in [2.05, 4.69) is 11.6 Å². The zero-order valence-corrected chi connectivity index (χ0v) is 18.7. The van der Waals surface area contributed by atoms with Gasteiger partial charge in [-0.3, -0.25) is 9.78 Å². The van der Waals surface area contributed by atoms with Gasteiger partial charge in [0.2, 0.25) is 0 Å². The quantitative estimate of drug-likeness (QED) is 0.443. The maximum Gasteiger partial charge on any atom is 0.310 e. The van der Waals surface area contributed by atoms with Crippen LogP contribution in [0.2, 0.25) is 0 Å². The van der Waals surface area contributed by atoms with Crippen LogP contribution in [-0.4, -0.2) is 45.1 Å². The Hall–Kier alpha value is -3.93. The molecule has 1 aromatic carbocycles. The fraction of sp³-hybridized carbons (Fsp3) is 0.269. The second-order valence-corrected chi connectivity index (χ2v) is 8.24. The number of aliphatic hydroxyl groups is 2. The summed E-state index contributed by atoms with van der Waals surface area (Å²) >= 11 is 0. The number of carbonyl (C=O) groups is 1.